The van der Waals surface area contributed by atoms with Crippen LogP contribution in [0.2, 0.25) is 0 Å². The quantitative estimate of drug-likeness (QED) is 0.0580. The van der Waals surface area contributed by atoms with Crippen LogP contribution >= 0.6 is 0 Å². The summed E-state index contributed by atoms with van der Waals surface area (Å²) < 4.78 is 21.5. The number of carbonyl (C=O) groups is 6. The molecule has 0 heterocycles. The van der Waals surface area contributed by atoms with E-state index in [1.165, 1.54) is 0 Å². The molecule has 3 atom stereocenters. The Morgan fingerprint density at radius 3 is 1.85 bits per heavy atom. The lowest BCUT2D eigenvalue weighted by Gasteiger charge is -2.26. The summed E-state index contributed by atoms with van der Waals surface area (Å²) in [6, 6.07) is 5.66. The molecule has 0 saturated heterocycles. The average molecular weight is 752 g/mol. The highest BCUT2D eigenvalue weighted by molar-refractivity contribution is 5.98. The van der Waals surface area contributed by atoms with Gasteiger partial charge in [0.1, 0.15) is 5.78 Å². The second kappa shape index (κ2) is 28.5. The van der Waals surface area contributed by atoms with E-state index < -0.39 is 35.8 Å². The zero-order valence-corrected chi connectivity index (χ0v) is 31.5. The highest BCUT2D eigenvalue weighted by atomic mass is 16.6. The van der Waals surface area contributed by atoms with Crippen LogP contribution in [0, 0.1) is 17.8 Å². The SMILES string of the molecule is CCc1ccc(NC(=O)[C@H](CCCNC(N)=O)CC(=O)[C@@H](NC(=O)[C@@H](CCC(=O)O)CC(=O)CCOCCOCCOCCOCCN)C(C)C)cc1. The van der Waals surface area contributed by atoms with E-state index in [0.717, 1.165) is 12.0 Å². The van der Waals surface area contributed by atoms with Crippen molar-refractivity contribution in [2.24, 2.45) is 29.2 Å². The number of aliphatic carboxylic acids is 1. The van der Waals surface area contributed by atoms with E-state index in [0.29, 0.717) is 58.3 Å². The van der Waals surface area contributed by atoms with Gasteiger partial charge in [-0.05, 0) is 49.3 Å². The molecule has 0 fully saturated rings. The maximum absolute atomic E-state index is 13.7. The summed E-state index contributed by atoms with van der Waals surface area (Å²) in [4.78, 5) is 75.9. The van der Waals surface area contributed by atoms with Gasteiger partial charge >= 0.3 is 12.0 Å². The van der Waals surface area contributed by atoms with Gasteiger partial charge in [0.2, 0.25) is 11.8 Å². The van der Waals surface area contributed by atoms with E-state index in [2.05, 4.69) is 16.0 Å². The molecule has 0 aliphatic heterocycles. The lowest BCUT2D eigenvalue weighted by atomic mass is 9.88. The highest BCUT2D eigenvalue weighted by Crippen LogP contribution is 2.21. The van der Waals surface area contributed by atoms with Gasteiger partial charge in [0.05, 0.1) is 58.9 Å². The number of Topliss-reactive ketones (excluding diaryl/α,β-unsaturated/α-hetero) is 2. The first-order valence-corrected chi connectivity index (χ1v) is 18.4. The van der Waals surface area contributed by atoms with Gasteiger partial charge in [-0.1, -0.05) is 32.9 Å². The molecule has 0 saturated carbocycles. The molecule has 16 heteroatoms. The van der Waals surface area contributed by atoms with Crippen LogP contribution < -0.4 is 27.4 Å². The monoisotopic (exact) mass is 751 g/mol. The number of primary amides is 1. The van der Waals surface area contributed by atoms with Gasteiger partial charge in [-0.2, -0.15) is 0 Å². The van der Waals surface area contributed by atoms with Gasteiger partial charge in [-0.25, -0.2) is 4.79 Å². The van der Waals surface area contributed by atoms with Crippen molar-refractivity contribution in [1.29, 1.82) is 0 Å². The number of anilines is 1. The van der Waals surface area contributed by atoms with Gasteiger partial charge in [0.25, 0.3) is 0 Å². The first-order valence-electron chi connectivity index (χ1n) is 18.4. The Kier molecular flexibility index (Phi) is 25.3. The summed E-state index contributed by atoms with van der Waals surface area (Å²) >= 11 is 0. The third-order valence-corrected chi connectivity index (χ3v) is 8.24. The van der Waals surface area contributed by atoms with Crippen LogP contribution in [0.1, 0.15) is 71.3 Å². The van der Waals surface area contributed by atoms with Gasteiger partial charge in [-0.3, -0.25) is 24.0 Å². The molecule has 0 aliphatic rings. The summed E-state index contributed by atoms with van der Waals surface area (Å²) in [5, 5.41) is 17.4. The third-order valence-electron chi connectivity index (χ3n) is 8.24. The van der Waals surface area contributed by atoms with Crippen molar-refractivity contribution in [3.63, 3.8) is 0 Å². The molecule has 16 nitrogen and oxygen atoms in total. The number of urea groups is 1. The van der Waals surface area contributed by atoms with E-state index in [1.54, 1.807) is 26.0 Å². The maximum atomic E-state index is 13.7. The zero-order valence-electron chi connectivity index (χ0n) is 31.5. The molecule has 53 heavy (non-hydrogen) atoms. The molecule has 0 aromatic heterocycles. The summed E-state index contributed by atoms with van der Waals surface area (Å²) in [5.41, 5.74) is 12.2. The minimum atomic E-state index is -1.12. The fraction of sp³-hybridized carbons (Fsp3) is 0.676. The number of ether oxygens (including phenoxy) is 4. The Bertz CT molecular complexity index is 1250. The Balaban J connectivity index is 2.76. The molecule has 0 radical (unpaired) electrons. The summed E-state index contributed by atoms with van der Waals surface area (Å²) in [5.74, 6) is -4.94. The molecule has 0 spiro atoms. The summed E-state index contributed by atoms with van der Waals surface area (Å²) in [6.45, 7) is 8.97. The van der Waals surface area contributed by atoms with Crippen molar-refractivity contribution in [1.82, 2.24) is 10.6 Å². The van der Waals surface area contributed by atoms with Gasteiger partial charge in [-0.15, -0.1) is 0 Å². The number of carboxylic acid groups (broad SMARTS) is 1. The number of benzene rings is 1. The molecule has 1 aromatic rings. The minimum absolute atomic E-state index is 0.0118. The lowest BCUT2D eigenvalue weighted by Crippen LogP contribution is -2.48. The Hall–Kier alpha value is -3.96. The summed E-state index contributed by atoms with van der Waals surface area (Å²) in [7, 11) is 0. The van der Waals surface area contributed by atoms with E-state index >= 15 is 0 Å². The third kappa shape index (κ3) is 22.7. The second-order valence-electron chi connectivity index (χ2n) is 12.9. The Labute approximate surface area is 312 Å². The van der Waals surface area contributed by atoms with Crippen LogP contribution in [0.4, 0.5) is 10.5 Å². The number of rotatable bonds is 32. The number of hydrogen-bond donors (Lipinski definition) is 6. The molecule has 0 unspecified atom stereocenters. The lowest BCUT2D eigenvalue weighted by molar-refractivity contribution is -0.139. The first-order chi connectivity index (χ1) is 25.4. The molecule has 8 N–H and O–H groups in total. The van der Waals surface area contributed by atoms with Crippen molar-refractivity contribution < 1.29 is 52.8 Å². The molecule has 1 aromatic carbocycles. The first kappa shape index (κ1) is 47.1. The highest BCUT2D eigenvalue weighted by Gasteiger charge is 2.32. The number of ketones is 2. The van der Waals surface area contributed by atoms with Crippen LogP contribution in [0.3, 0.4) is 0 Å². The van der Waals surface area contributed by atoms with Crippen molar-refractivity contribution >= 4 is 41.1 Å². The Morgan fingerprint density at radius 2 is 1.32 bits per heavy atom. The van der Waals surface area contributed by atoms with Crippen molar-refractivity contribution in [3.05, 3.63) is 29.8 Å². The summed E-state index contributed by atoms with van der Waals surface area (Å²) in [6.07, 6.45) is 0.614. The average Bonchev–Trinajstić information content (AvgIpc) is 3.11. The number of nitrogens with two attached hydrogens (primary N) is 2. The van der Waals surface area contributed by atoms with Crippen molar-refractivity contribution in [3.8, 4) is 0 Å². The topological polar surface area (TPSA) is 248 Å². The number of nitrogens with one attached hydrogen (secondary N) is 3. The Morgan fingerprint density at radius 1 is 0.755 bits per heavy atom. The van der Waals surface area contributed by atoms with Crippen LogP contribution in [-0.4, -0.2) is 112 Å². The standard InChI is InChI=1S/C37H61N5O11/c1-4-27-7-10-30(11-8-27)41-35(47)28(6-5-15-40-37(39)49)25-32(44)34(26(2)3)42-36(48)29(9-12-33(45)46)24-31(43)13-16-50-18-20-52-22-23-53-21-19-51-17-14-38/h7-8,10-11,26,28-29,34H,4-6,9,12-25,38H2,1-3H3,(H,41,47)(H,42,48)(H,45,46)(H3,39,40,49)/t28-,29+,34+/m1/s1. The number of carbonyl (C=O) groups excluding carboxylic acids is 5. The molecule has 0 aliphatic carbocycles. The van der Waals surface area contributed by atoms with E-state index in [1.807, 2.05) is 19.1 Å². The van der Waals surface area contributed by atoms with Gasteiger partial charge in [0.15, 0.2) is 5.78 Å². The smallest absolute Gasteiger partial charge is 0.312 e. The van der Waals surface area contributed by atoms with Crippen LogP contribution in [-0.2, 0) is 49.3 Å². The molecule has 1 rings (SSSR count). The number of carboxylic acids is 1. The molecule has 0 bridgehead atoms. The zero-order chi connectivity index (χ0) is 39.4. The van der Waals surface area contributed by atoms with Crippen LogP contribution in [0.25, 0.3) is 0 Å². The second-order valence-corrected chi connectivity index (χ2v) is 12.9. The van der Waals surface area contributed by atoms with E-state index in [9.17, 15) is 33.9 Å². The number of hydrogen-bond acceptors (Lipinski definition) is 11. The van der Waals surface area contributed by atoms with Gasteiger partial charge < -0.3 is 51.5 Å². The molecule has 300 valence electrons. The largest absolute Gasteiger partial charge is 0.481 e. The number of amides is 4. The minimum Gasteiger partial charge on any atom is -0.481 e. The van der Waals surface area contributed by atoms with Crippen molar-refractivity contribution in [2.75, 3.05) is 71.3 Å². The number of aryl methyl sites for hydroxylation is 1. The predicted octanol–water partition coefficient (Wildman–Crippen LogP) is 2.21. The predicted molar refractivity (Wildman–Crippen MR) is 198 cm³/mol. The van der Waals surface area contributed by atoms with Gasteiger partial charge in [0, 0.05) is 56.3 Å². The molecular formula is C37H61N5O11. The van der Waals surface area contributed by atoms with Crippen LogP contribution in [0.5, 0.6) is 0 Å². The molecular weight excluding hydrogens is 690 g/mol. The fourth-order valence-corrected chi connectivity index (χ4v) is 5.25. The maximum Gasteiger partial charge on any atom is 0.312 e. The normalized spacial score (nSPS) is 12.8. The van der Waals surface area contributed by atoms with Crippen molar-refractivity contribution in [2.45, 2.75) is 78.2 Å². The van der Waals surface area contributed by atoms with E-state index in [4.69, 9.17) is 30.4 Å². The van der Waals surface area contributed by atoms with Crippen LogP contribution in [0.15, 0.2) is 24.3 Å². The van der Waals surface area contributed by atoms with E-state index in [-0.39, 0.29) is 81.7 Å². The molecule has 4 amide bonds. The fourth-order valence-electron chi connectivity index (χ4n) is 5.25.